The summed E-state index contributed by atoms with van der Waals surface area (Å²) in [6.45, 7) is 0. The van der Waals surface area contributed by atoms with Gasteiger partial charge in [0.1, 0.15) is 0 Å². The van der Waals surface area contributed by atoms with Crippen LogP contribution in [0.2, 0.25) is 0 Å². The van der Waals surface area contributed by atoms with E-state index in [1.54, 1.807) is 6.20 Å². The Bertz CT molecular complexity index is 777. The molecule has 5 nitrogen and oxygen atoms in total. The van der Waals surface area contributed by atoms with E-state index in [2.05, 4.69) is 5.32 Å². The molecule has 1 amide bonds. The molecule has 3 rings (SSSR count). The molecule has 0 radical (unpaired) electrons. The maximum atomic E-state index is 12.3. The van der Waals surface area contributed by atoms with Crippen molar-refractivity contribution in [1.29, 1.82) is 0 Å². The molecule has 0 spiro atoms. The summed E-state index contributed by atoms with van der Waals surface area (Å²) < 4.78 is 24.7. The molecule has 0 saturated carbocycles. The van der Waals surface area contributed by atoms with Gasteiger partial charge in [0.2, 0.25) is 0 Å². The predicted molar refractivity (Wildman–Crippen MR) is 77.4 cm³/mol. The number of aryl methyl sites for hydroxylation is 1. The third kappa shape index (κ3) is 2.31. The number of carbonyl (C=O) groups is 1. The number of nitrogens with one attached hydrogen (secondary N) is 1. The lowest BCUT2D eigenvalue weighted by Gasteiger charge is -2.09. The fraction of sp³-hybridized carbons (Fsp3) is 0.357. The Morgan fingerprint density at radius 2 is 2.10 bits per heavy atom. The monoisotopic (exact) mass is 292 g/mol. The van der Waals surface area contributed by atoms with Crippen molar-refractivity contribution < 1.29 is 13.2 Å². The van der Waals surface area contributed by atoms with Crippen LogP contribution in [0.5, 0.6) is 0 Å². The van der Waals surface area contributed by atoms with E-state index in [4.69, 9.17) is 0 Å². The van der Waals surface area contributed by atoms with Gasteiger partial charge < -0.3 is 9.88 Å². The molecule has 2 heterocycles. The summed E-state index contributed by atoms with van der Waals surface area (Å²) in [4.78, 5) is 12.3. The van der Waals surface area contributed by atoms with Crippen molar-refractivity contribution in [3.05, 3.63) is 36.0 Å². The molecule has 1 atom stereocenters. The fourth-order valence-electron chi connectivity index (χ4n) is 2.69. The van der Waals surface area contributed by atoms with Crippen molar-refractivity contribution >= 4 is 26.6 Å². The van der Waals surface area contributed by atoms with Crippen molar-refractivity contribution in [2.24, 2.45) is 7.05 Å². The van der Waals surface area contributed by atoms with Gasteiger partial charge in [0.15, 0.2) is 9.84 Å². The Kier molecular flexibility index (Phi) is 3.05. The van der Waals surface area contributed by atoms with Crippen molar-refractivity contribution in [1.82, 2.24) is 9.88 Å². The first-order valence-electron chi connectivity index (χ1n) is 6.52. The molecule has 0 aliphatic carbocycles. The van der Waals surface area contributed by atoms with Gasteiger partial charge >= 0.3 is 0 Å². The number of hydrogen-bond acceptors (Lipinski definition) is 3. The molecule has 1 fully saturated rings. The molecule has 1 saturated heterocycles. The number of hydrogen-bond donors (Lipinski definition) is 1. The second-order valence-corrected chi connectivity index (χ2v) is 7.47. The van der Waals surface area contributed by atoms with Gasteiger partial charge in [-0.1, -0.05) is 18.2 Å². The van der Waals surface area contributed by atoms with Crippen LogP contribution < -0.4 is 5.32 Å². The van der Waals surface area contributed by atoms with Crippen LogP contribution in [0.15, 0.2) is 30.5 Å². The fourth-order valence-corrected chi connectivity index (χ4v) is 4.37. The number of amides is 1. The van der Waals surface area contributed by atoms with Crippen LogP contribution in [0.25, 0.3) is 10.9 Å². The molecule has 0 bridgehead atoms. The van der Waals surface area contributed by atoms with Gasteiger partial charge in [-0.3, -0.25) is 4.79 Å². The predicted octanol–water partition coefficient (Wildman–Crippen LogP) is 1.10. The molecule has 1 aliphatic heterocycles. The first kappa shape index (κ1) is 13.2. The summed E-state index contributed by atoms with van der Waals surface area (Å²) in [7, 11) is -1.09. The minimum absolute atomic E-state index is 0.0451. The second-order valence-electron chi connectivity index (χ2n) is 5.24. The molecule has 1 aromatic carbocycles. The Morgan fingerprint density at radius 3 is 2.80 bits per heavy atom. The van der Waals surface area contributed by atoms with Crippen molar-refractivity contribution in [3.8, 4) is 0 Å². The van der Waals surface area contributed by atoms with Gasteiger partial charge in [0, 0.05) is 30.2 Å². The third-order valence-electron chi connectivity index (χ3n) is 3.71. The van der Waals surface area contributed by atoms with Gasteiger partial charge in [0.25, 0.3) is 5.91 Å². The van der Waals surface area contributed by atoms with E-state index in [0.717, 1.165) is 10.9 Å². The van der Waals surface area contributed by atoms with E-state index in [1.807, 2.05) is 35.9 Å². The van der Waals surface area contributed by atoms with Crippen LogP contribution in [0.1, 0.15) is 16.8 Å². The quantitative estimate of drug-likeness (QED) is 0.901. The minimum Gasteiger partial charge on any atom is -0.350 e. The van der Waals surface area contributed by atoms with Gasteiger partial charge in [-0.15, -0.1) is 0 Å². The minimum atomic E-state index is -2.98. The highest BCUT2D eigenvalue weighted by atomic mass is 32.2. The number of carbonyl (C=O) groups excluding carboxylic acids is 1. The lowest BCUT2D eigenvalue weighted by molar-refractivity contribution is 0.0942. The number of fused-ring (bicyclic) bond motifs is 1. The lowest BCUT2D eigenvalue weighted by atomic mass is 10.1. The largest absolute Gasteiger partial charge is 0.350 e. The van der Waals surface area contributed by atoms with Gasteiger partial charge in [-0.25, -0.2) is 8.42 Å². The molecule has 106 valence electrons. The van der Waals surface area contributed by atoms with E-state index in [-0.39, 0.29) is 23.5 Å². The average Bonchev–Trinajstić information content (AvgIpc) is 2.91. The number of para-hydroxylation sites is 1. The highest BCUT2D eigenvalue weighted by molar-refractivity contribution is 7.91. The highest BCUT2D eigenvalue weighted by Gasteiger charge is 2.29. The first-order chi connectivity index (χ1) is 9.46. The molecule has 1 aromatic heterocycles. The number of rotatable bonds is 2. The first-order valence-corrected chi connectivity index (χ1v) is 8.34. The summed E-state index contributed by atoms with van der Waals surface area (Å²) >= 11 is 0. The summed E-state index contributed by atoms with van der Waals surface area (Å²) in [5.41, 5.74) is 1.57. The Morgan fingerprint density at radius 1 is 1.35 bits per heavy atom. The Hall–Kier alpha value is -1.82. The zero-order valence-electron chi connectivity index (χ0n) is 11.2. The van der Waals surface area contributed by atoms with Gasteiger partial charge in [0.05, 0.1) is 17.1 Å². The normalized spacial score (nSPS) is 21.1. The van der Waals surface area contributed by atoms with E-state index in [0.29, 0.717) is 12.0 Å². The Balaban J connectivity index is 1.87. The van der Waals surface area contributed by atoms with Crippen molar-refractivity contribution in [2.45, 2.75) is 12.5 Å². The molecule has 6 heteroatoms. The van der Waals surface area contributed by atoms with Gasteiger partial charge in [-0.05, 0) is 12.5 Å². The zero-order valence-corrected chi connectivity index (χ0v) is 12.0. The second kappa shape index (κ2) is 4.63. The van der Waals surface area contributed by atoms with E-state index in [9.17, 15) is 13.2 Å². The van der Waals surface area contributed by atoms with E-state index < -0.39 is 9.84 Å². The number of nitrogens with zero attached hydrogens (tertiary/aromatic N) is 1. The van der Waals surface area contributed by atoms with Crippen LogP contribution in [-0.2, 0) is 16.9 Å². The molecule has 1 N–H and O–H groups in total. The lowest BCUT2D eigenvalue weighted by Crippen LogP contribution is -2.35. The summed E-state index contributed by atoms with van der Waals surface area (Å²) in [6, 6.07) is 7.39. The molecule has 20 heavy (non-hydrogen) atoms. The van der Waals surface area contributed by atoms with E-state index >= 15 is 0 Å². The SMILES string of the molecule is Cn1cc(C(=O)N[C@H]2CCS(=O)(=O)C2)c2ccccc21. The molecule has 1 aliphatic rings. The van der Waals surface area contributed by atoms with Crippen molar-refractivity contribution in [2.75, 3.05) is 11.5 Å². The van der Waals surface area contributed by atoms with Crippen molar-refractivity contribution in [3.63, 3.8) is 0 Å². The molecule has 2 aromatic rings. The summed E-state index contributed by atoms with van der Waals surface area (Å²) in [5.74, 6) is 0.000625. The zero-order chi connectivity index (χ0) is 14.3. The molecular formula is C14H16N2O3S. The molecule has 0 unspecified atom stereocenters. The maximum Gasteiger partial charge on any atom is 0.253 e. The standard InChI is InChI=1S/C14H16N2O3S/c1-16-8-12(11-4-2-3-5-13(11)16)14(17)15-10-6-7-20(18,19)9-10/h2-5,8,10H,6-7,9H2,1H3,(H,15,17)/t10-/m0/s1. The van der Waals surface area contributed by atoms with Crippen LogP contribution in [0, 0.1) is 0 Å². The van der Waals surface area contributed by atoms with Crippen LogP contribution in [0.4, 0.5) is 0 Å². The number of benzene rings is 1. The van der Waals surface area contributed by atoms with Crippen LogP contribution >= 0.6 is 0 Å². The van der Waals surface area contributed by atoms with Crippen LogP contribution in [-0.4, -0.2) is 36.4 Å². The average molecular weight is 292 g/mol. The smallest absolute Gasteiger partial charge is 0.253 e. The highest BCUT2D eigenvalue weighted by Crippen LogP contribution is 2.21. The molecular weight excluding hydrogens is 276 g/mol. The summed E-state index contributed by atoms with van der Waals surface area (Å²) in [5, 5.41) is 3.71. The van der Waals surface area contributed by atoms with Gasteiger partial charge in [-0.2, -0.15) is 0 Å². The number of aromatic nitrogens is 1. The topological polar surface area (TPSA) is 68.2 Å². The third-order valence-corrected chi connectivity index (χ3v) is 5.48. The summed E-state index contributed by atoms with van der Waals surface area (Å²) in [6.07, 6.45) is 2.28. The number of sulfone groups is 1. The Labute approximate surface area is 117 Å². The maximum absolute atomic E-state index is 12.3. The van der Waals surface area contributed by atoms with E-state index in [1.165, 1.54) is 0 Å². The van der Waals surface area contributed by atoms with Crippen LogP contribution in [0.3, 0.4) is 0 Å².